The molecular weight excluding hydrogens is 416 g/mol. The molecule has 0 unspecified atom stereocenters. The zero-order chi connectivity index (χ0) is 23.1. The summed E-state index contributed by atoms with van der Waals surface area (Å²) in [6, 6.07) is 15.4. The van der Waals surface area contributed by atoms with Crippen LogP contribution in [0.25, 0.3) is 33.3 Å². The number of carbonyl (C=O) groups excluding carboxylic acids is 1. The number of amides is 1. The molecule has 8 heteroatoms. The smallest absolute Gasteiger partial charge is 0.256 e. The van der Waals surface area contributed by atoms with Crippen LogP contribution in [0.2, 0.25) is 0 Å². The predicted molar refractivity (Wildman–Crippen MR) is 125 cm³/mol. The molecule has 5 rings (SSSR count). The molecule has 0 saturated heterocycles. The number of rotatable bonds is 5. The number of aromatic nitrogens is 3. The van der Waals surface area contributed by atoms with Gasteiger partial charge >= 0.3 is 0 Å². The van der Waals surface area contributed by atoms with Gasteiger partial charge in [0.2, 0.25) is 5.88 Å². The monoisotopic (exact) mass is 436 g/mol. The SMILES string of the molecule is C=C(C#N)CN1Cc2c(-c3ccc4[nH]nc(-c5ccc(OC)nc5)c4c3)ccc(N)c2C1=O. The van der Waals surface area contributed by atoms with Gasteiger partial charge in [-0.15, -0.1) is 0 Å². The lowest BCUT2D eigenvalue weighted by molar-refractivity contribution is 0.0794. The van der Waals surface area contributed by atoms with Gasteiger partial charge in [0.15, 0.2) is 0 Å². The van der Waals surface area contributed by atoms with Crippen molar-refractivity contribution in [2.45, 2.75) is 6.54 Å². The summed E-state index contributed by atoms with van der Waals surface area (Å²) in [6.45, 7) is 4.25. The highest BCUT2D eigenvalue weighted by Gasteiger charge is 2.32. The van der Waals surface area contributed by atoms with Gasteiger partial charge in [0, 0.05) is 41.0 Å². The highest BCUT2D eigenvalue weighted by atomic mass is 16.5. The van der Waals surface area contributed by atoms with Crippen molar-refractivity contribution >= 4 is 22.5 Å². The molecule has 0 bridgehead atoms. The van der Waals surface area contributed by atoms with Crippen LogP contribution in [0, 0.1) is 11.3 Å². The van der Waals surface area contributed by atoms with Gasteiger partial charge in [-0.3, -0.25) is 9.89 Å². The second-order valence-electron chi connectivity index (χ2n) is 7.85. The Balaban J connectivity index is 1.59. The van der Waals surface area contributed by atoms with Crippen LogP contribution in [0.1, 0.15) is 15.9 Å². The third-order valence-corrected chi connectivity index (χ3v) is 5.83. The number of pyridine rings is 1. The van der Waals surface area contributed by atoms with E-state index in [0.717, 1.165) is 38.9 Å². The van der Waals surface area contributed by atoms with Gasteiger partial charge in [-0.2, -0.15) is 10.4 Å². The summed E-state index contributed by atoms with van der Waals surface area (Å²) in [4.78, 5) is 18.9. The molecule has 162 valence electrons. The topological polar surface area (TPSA) is 121 Å². The van der Waals surface area contributed by atoms with Gasteiger partial charge in [-0.05, 0) is 41.0 Å². The number of carbonyl (C=O) groups is 1. The first-order valence-corrected chi connectivity index (χ1v) is 10.3. The van der Waals surface area contributed by atoms with E-state index < -0.39 is 0 Å². The maximum atomic E-state index is 13.0. The third-order valence-electron chi connectivity index (χ3n) is 5.83. The normalized spacial score (nSPS) is 12.6. The molecule has 0 fully saturated rings. The van der Waals surface area contributed by atoms with Crippen LogP contribution in [0.3, 0.4) is 0 Å². The van der Waals surface area contributed by atoms with Crippen molar-refractivity contribution in [3.05, 3.63) is 71.9 Å². The Kier molecular flexibility index (Phi) is 4.79. The van der Waals surface area contributed by atoms with E-state index in [1.165, 1.54) is 0 Å². The van der Waals surface area contributed by atoms with E-state index in [1.807, 2.05) is 36.4 Å². The summed E-state index contributed by atoms with van der Waals surface area (Å²) in [5, 5.41) is 17.6. The molecule has 1 amide bonds. The van der Waals surface area contributed by atoms with E-state index in [2.05, 4.69) is 21.8 Å². The molecular formula is C25H20N6O2. The Morgan fingerprint density at radius 1 is 1.27 bits per heavy atom. The Morgan fingerprint density at radius 2 is 2.09 bits per heavy atom. The van der Waals surface area contributed by atoms with Crippen LogP contribution in [-0.4, -0.2) is 39.6 Å². The quantitative estimate of drug-likeness (QED) is 0.361. The number of hydrogen-bond donors (Lipinski definition) is 2. The summed E-state index contributed by atoms with van der Waals surface area (Å²) in [7, 11) is 1.57. The predicted octanol–water partition coefficient (Wildman–Crippen LogP) is 3.92. The van der Waals surface area contributed by atoms with E-state index in [-0.39, 0.29) is 12.5 Å². The lowest BCUT2D eigenvalue weighted by Crippen LogP contribution is -2.26. The van der Waals surface area contributed by atoms with Crippen LogP contribution in [0.4, 0.5) is 5.69 Å². The van der Waals surface area contributed by atoms with Crippen molar-refractivity contribution < 1.29 is 9.53 Å². The van der Waals surface area contributed by atoms with Gasteiger partial charge in [-0.1, -0.05) is 18.7 Å². The fourth-order valence-electron chi connectivity index (χ4n) is 4.21. The van der Waals surface area contributed by atoms with Gasteiger partial charge in [-0.25, -0.2) is 4.98 Å². The molecule has 2 aromatic carbocycles. The van der Waals surface area contributed by atoms with E-state index in [0.29, 0.717) is 29.2 Å². The van der Waals surface area contributed by atoms with Crippen molar-refractivity contribution in [3.8, 4) is 34.3 Å². The number of nitriles is 1. The first-order chi connectivity index (χ1) is 16.0. The summed E-state index contributed by atoms with van der Waals surface area (Å²) in [5.74, 6) is 0.347. The Bertz CT molecular complexity index is 1460. The molecule has 0 spiro atoms. The first kappa shape index (κ1) is 20.3. The maximum absolute atomic E-state index is 13.0. The van der Waals surface area contributed by atoms with Crippen LogP contribution in [0.15, 0.2) is 60.8 Å². The number of ether oxygens (including phenoxy) is 1. The number of nitrogen functional groups attached to an aromatic ring is 1. The van der Waals surface area contributed by atoms with Crippen molar-refractivity contribution in [1.29, 1.82) is 5.26 Å². The van der Waals surface area contributed by atoms with E-state index in [1.54, 1.807) is 30.3 Å². The third kappa shape index (κ3) is 3.36. The maximum Gasteiger partial charge on any atom is 0.256 e. The summed E-state index contributed by atoms with van der Waals surface area (Å²) >= 11 is 0. The minimum atomic E-state index is -0.185. The Hall–Kier alpha value is -4.64. The van der Waals surface area contributed by atoms with Gasteiger partial charge in [0.05, 0.1) is 30.8 Å². The average Bonchev–Trinajstić information content (AvgIpc) is 3.40. The summed E-state index contributed by atoms with van der Waals surface area (Å²) in [5.41, 5.74) is 12.6. The second-order valence-corrected chi connectivity index (χ2v) is 7.85. The summed E-state index contributed by atoms with van der Waals surface area (Å²) < 4.78 is 5.15. The molecule has 2 aromatic heterocycles. The Morgan fingerprint density at radius 3 is 2.82 bits per heavy atom. The van der Waals surface area contributed by atoms with Gasteiger partial charge in [0.1, 0.15) is 5.69 Å². The fraction of sp³-hybridized carbons (Fsp3) is 0.120. The number of nitrogens with one attached hydrogen (secondary N) is 1. The second kappa shape index (κ2) is 7.80. The number of nitrogens with zero attached hydrogens (tertiary/aromatic N) is 4. The number of nitrogens with two attached hydrogens (primary N) is 1. The minimum absolute atomic E-state index is 0.179. The molecule has 1 aliphatic heterocycles. The van der Waals surface area contributed by atoms with E-state index in [9.17, 15) is 4.79 Å². The van der Waals surface area contributed by atoms with Crippen LogP contribution < -0.4 is 10.5 Å². The lowest BCUT2D eigenvalue weighted by atomic mass is 9.94. The molecule has 8 nitrogen and oxygen atoms in total. The zero-order valence-corrected chi connectivity index (χ0v) is 17.9. The number of hydrogen-bond acceptors (Lipinski definition) is 6. The first-order valence-electron chi connectivity index (χ1n) is 10.3. The number of methoxy groups -OCH3 is 1. The highest BCUT2D eigenvalue weighted by molar-refractivity contribution is 6.06. The van der Waals surface area contributed by atoms with Crippen molar-refractivity contribution in [3.63, 3.8) is 0 Å². The highest BCUT2D eigenvalue weighted by Crippen LogP contribution is 2.38. The molecule has 3 heterocycles. The molecule has 4 aromatic rings. The molecule has 0 aliphatic carbocycles. The van der Waals surface area contributed by atoms with Crippen molar-refractivity contribution in [2.24, 2.45) is 0 Å². The zero-order valence-electron chi connectivity index (χ0n) is 17.9. The average molecular weight is 436 g/mol. The molecule has 0 saturated carbocycles. The van der Waals surface area contributed by atoms with Crippen molar-refractivity contribution in [1.82, 2.24) is 20.1 Å². The largest absolute Gasteiger partial charge is 0.481 e. The van der Waals surface area contributed by atoms with Crippen LogP contribution in [0.5, 0.6) is 5.88 Å². The molecule has 3 N–H and O–H groups in total. The number of H-pyrrole nitrogens is 1. The van der Waals surface area contributed by atoms with E-state index >= 15 is 0 Å². The van der Waals surface area contributed by atoms with Crippen molar-refractivity contribution in [2.75, 3.05) is 19.4 Å². The van der Waals surface area contributed by atoms with Gasteiger partial charge in [0.25, 0.3) is 5.91 Å². The number of anilines is 1. The molecule has 1 aliphatic rings. The van der Waals surface area contributed by atoms with Gasteiger partial charge < -0.3 is 15.4 Å². The summed E-state index contributed by atoms with van der Waals surface area (Å²) in [6.07, 6.45) is 1.72. The lowest BCUT2D eigenvalue weighted by Gasteiger charge is -2.14. The fourth-order valence-corrected chi connectivity index (χ4v) is 4.21. The molecule has 0 radical (unpaired) electrons. The van der Waals surface area contributed by atoms with Crippen LogP contribution >= 0.6 is 0 Å². The van der Waals surface area contributed by atoms with Crippen LogP contribution in [-0.2, 0) is 6.54 Å². The molecule has 0 atom stereocenters. The standard InChI is InChI=1S/C25H20N6O2/c1-14(10-26)12-31-13-19-17(5-6-20(27)23(19)25(31)32)15-3-7-21-18(9-15)24(30-29-21)16-4-8-22(33-2)28-11-16/h3-9,11H,1,12-13,27H2,2H3,(H,29,30). The molecule has 33 heavy (non-hydrogen) atoms. The number of aromatic amines is 1. The minimum Gasteiger partial charge on any atom is -0.481 e. The van der Waals surface area contributed by atoms with E-state index in [4.69, 9.17) is 15.7 Å². The number of fused-ring (bicyclic) bond motifs is 2. The Labute approximate surface area is 189 Å². The number of benzene rings is 2.